The first-order chi connectivity index (χ1) is 12.2. The van der Waals surface area contributed by atoms with Crippen LogP contribution in [0.15, 0.2) is 4.99 Å². The van der Waals surface area contributed by atoms with Crippen molar-refractivity contribution in [2.45, 2.75) is 43.3 Å². The van der Waals surface area contributed by atoms with Crippen LogP contribution in [0.3, 0.4) is 0 Å². The summed E-state index contributed by atoms with van der Waals surface area (Å²) in [6.45, 7) is 9.31. The second-order valence-corrected chi connectivity index (χ2v) is 9.55. The van der Waals surface area contributed by atoms with Gasteiger partial charge in [0.2, 0.25) is 0 Å². The van der Waals surface area contributed by atoms with Gasteiger partial charge in [-0.25, -0.2) is 0 Å². The van der Waals surface area contributed by atoms with Crippen molar-refractivity contribution in [3.63, 3.8) is 0 Å². The van der Waals surface area contributed by atoms with E-state index in [1.165, 1.54) is 77.0 Å². The Balaban J connectivity index is 0.00000243. The summed E-state index contributed by atoms with van der Waals surface area (Å²) in [5.74, 6) is 2.37. The number of nitrogens with zero attached hydrogens (tertiary/aromatic N) is 4. The van der Waals surface area contributed by atoms with E-state index in [0.29, 0.717) is 4.75 Å². The summed E-state index contributed by atoms with van der Waals surface area (Å²) in [6, 6.07) is 0. The number of nitrogens with one attached hydrogen (secondary N) is 1. The lowest BCUT2D eigenvalue weighted by Gasteiger charge is -2.45. The van der Waals surface area contributed by atoms with Crippen molar-refractivity contribution in [3.8, 4) is 0 Å². The third-order valence-electron chi connectivity index (χ3n) is 6.05. The largest absolute Gasteiger partial charge is 0.355 e. The second kappa shape index (κ2) is 11.3. The molecule has 1 aliphatic carbocycles. The first kappa shape index (κ1) is 22.6. The number of rotatable bonds is 3. The minimum Gasteiger partial charge on any atom is -0.355 e. The van der Waals surface area contributed by atoms with Crippen molar-refractivity contribution in [1.82, 2.24) is 20.0 Å². The Morgan fingerprint density at radius 3 is 2.62 bits per heavy atom. The predicted octanol–water partition coefficient (Wildman–Crippen LogP) is 2.57. The molecule has 5 nitrogen and oxygen atoms in total. The Labute approximate surface area is 181 Å². The Morgan fingerprint density at radius 2 is 1.85 bits per heavy atom. The second-order valence-electron chi connectivity index (χ2n) is 7.99. The van der Waals surface area contributed by atoms with E-state index in [-0.39, 0.29) is 24.0 Å². The Morgan fingerprint density at radius 1 is 1.04 bits per heavy atom. The van der Waals surface area contributed by atoms with Crippen molar-refractivity contribution < 1.29 is 0 Å². The van der Waals surface area contributed by atoms with Gasteiger partial charge in [-0.2, -0.15) is 11.8 Å². The third-order valence-corrected chi connectivity index (χ3v) is 7.58. The summed E-state index contributed by atoms with van der Waals surface area (Å²) in [5, 5.41) is 3.65. The molecule has 2 heterocycles. The molecule has 0 aromatic heterocycles. The van der Waals surface area contributed by atoms with E-state index < -0.39 is 0 Å². The Kier molecular flexibility index (Phi) is 9.82. The molecule has 2 saturated heterocycles. The molecule has 26 heavy (non-hydrogen) atoms. The van der Waals surface area contributed by atoms with Crippen LogP contribution in [-0.4, -0.2) is 97.6 Å². The van der Waals surface area contributed by atoms with Gasteiger partial charge in [0.25, 0.3) is 0 Å². The van der Waals surface area contributed by atoms with E-state index in [1.807, 2.05) is 7.05 Å². The fraction of sp³-hybridized carbons (Fsp3) is 0.947. The van der Waals surface area contributed by atoms with Crippen LogP contribution in [0.25, 0.3) is 0 Å². The van der Waals surface area contributed by atoms with E-state index in [2.05, 4.69) is 43.8 Å². The quantitative estimate of drug-likeness (QED) is 0.370. The van der Waals surface area contributed by atoms with Gasteiger partial charge in [0.1, 0.15) is 0 Å². The van der Waals surface area contributed by atoms with Crippen molar-refractivity contribution in [2.24, 2.45) is 4.99 Å². The first-order valence-electron chi connectivity index (χ1n) is 10.2. The van der Waals surface area contributed by atoms with Crippen molar-refractivity contribution >= 4 is 41.7 Å². The van der Waals surface area contributed by atoms with Crippen molar-refractivity contribution in [3.05, 3.63) is 0 Å². The lowest BCUT2D eigenvalue weighted by atomic mass is 9.87. The summed E-state index contributed by atoms with van der Waals surface area (Å²) in [7, 11) is 4.18. The van der Waals surface area contributed by atoms with Crippen LogP contribution in [0.1, 0.15) is 38.5 Å². The molecule has 152 valence electrons. The molecule has 3 rings (SSSR count). The van der Waals surface area contributed by atoms with E-state index in [0.717, 1.165) is 25.6 Å². The van der Waals surface area contributed by atoms with Gasteiger partial charge in [0.05, 0.1) is 0 Å². The minimum atomic E-state index is 0. The summed E-state index contributed by atoms with van der Waals surface area (Å²) < 4.78 is 0.503. The van der Waals surface area contributed by atoms with Gasteiger partial charge < -0.3 is 20.0 Å². The maximum atomic E-state index is 4.60. The van der Waals surface area contributed by atoms with Gasteiger partial charge in [-0.1, -0.05) is 19.3 Å². The Bertz CT molecular complexity index is 436. The highest BCUT2D eigenvalue weighted by atomic mass is 127. The van der Waals surface area contributed by atoms with Crippen LogP contribution < -0.4 is 5.32 Å². The topological polar surface area (TPSA) is 34.1 Å². The fourth-order valence-corrected chi connectivity index (χ4v) is 6.08. The maximum Gasteiger partial charge on any atom is 0.193 e. The molecule has 0 aromatic rings. The number of aliphatic imine (C=N–C) groups is 1. The fourth-order valence-electron chi connectivity index (χ4n) is 4.51. The molecule has 0 atom stereocenters. The highest BCUT2D eigenvalue weighted by Gasteiger charge is 2.38. The maximum absolute atomic E-state index is 4.60. The zero-order valence-electron chi connectivity index (χ0n) is 16.7. The molecular formula is C19H38IN5S. The lowest BCUT2D eigenvalue weighted by Crippen LogP contribution is -2.54. The number of thioether (sulfide) groups is 1. The number of hydrogen-bond donors (Lipinski definition) is 1. The zero-order chi connectivity index (χ0) is 17.5. The van der Waals surface area contributed by atoms with Gasteiger partial charge >= 0.3 is 0 Å². The molecule has 0 bridgehead atoms. The molecule has 3 aliphatic rings. The number of halogens is 1. The molecule has 1 spiro atoms. The van der Waals surface area contributed by atoms with Crippen LogP contribution in [0.5, 0.6) is 0 Å². The van der Waals surface area contributed by atoms with E-state index in [1.54, 1.807) is 0 Å². The van der Waals surface area contributed by atoms with Gasteiger partial charge in [0.15, 0.2) is 5.96 Å². The van der Waals surface area contributed by atoms with Crippen LogP contribution in [0.2, 0.25) is 0 Å². The highest BCUT2D eigenvalue weighted by molar-refractivity contribution is 14.0. The summed E-state index contributed by atoms with van der Waals surface area (Å²) >= 11 is 2.23. The molecule has 7 heteroatoms. The molecule has 0 radical (unpaired) electrons. The smallest absolute Gasteiger partial charge is 0.193 e. The van der Waals surface area contributed by atoms with E-state index in [4.69, 9.17) is 0 Å². The number of hydrogen-bond acceptors (Lipinski definition) is 4. The van der Waals surface area contributed by atoms with E-state index >= 15 is 0 Å². The van der Waals surface area contributed by atoms with Gasteiger partial charge in [-0.05, 0) is 39.4 Å². The monoisotopic (exact) mass is 495 g/mol. The van der Waals surface area contributed by atoms with Gasteiger partial charge in [-0.3, -0.25) is 4.99 Å². The summed E-state index contributed by atoms with van der Waals surface area (Å²) in [6.07, 6.45) is 8.34. The molecule has 2 aliphatic heterocycles. The molecule has 0 aromatic carbocycles. The molecule has 1 saturated carbocycles. The SMILES string of the molecule is CN=C(NCCN1CCCN(C)CC1)N1CCSC2(CCCCC2)C1.I. The molecular weight excluding hydrogens is 457 g/mol. The van der Waals surface area contributed by atoms with Crippen molar-refractivity contribution in [1.29, 1.82) is 0 Å². The average Bonchev–Trinajstić information content (AvgIpc) is 2.84. The zero-order valence-corrected chi connectivity index (χ0v) is 19.9. The predicted molar refractivity (Wildman–Crippen MR) is 125 cm³/mol. The van der Waals surface area contributed by atoms with Gasteiger partial charge in [0, 0.05) is 56.8 Å². The first-order valence-corrected chi connectivity index (χ1v) is 11.2. The van der Waals surface area contributed by atoms with Gasteiger partial charge in [-0.15, -0.1) is 24.0 Å². The minimum absolute atomic E-state index is 0. The van der Waals surface area contributed by atoms with Crippen LogP contribution >= 0.6 is 35.7 Å². The normalized spacial score (nSPS) is 25.6. The van der Waals surface area contributed by atoms with E-state index in [9.17, 15) is 0 Å². The lowest BCUT2D eigenvalue weighted by molar-refractivity contribution is 0.273. The summed E-state index contributed by atoms with van der Waals surface area (Å²) in [5.41, 5.74) is 0. The molecule has 1 N–H and O–H groups in total. The van der Waals surface area contributed by atoms with Crippen LogP contribution in [-0.2, 0) is 0 Å². The standard InChI is InChI=1S/C19H37N5S.HI/c1-20-18(21-9-12-23-11-6-10-22(2)13-14-23)24-15-16-25-19(17-24)7-4-3-5-8-19;/h3-17H2,1-2H3,(H,20,21);1H. The number of guanidine groups is 1. The molecule has 3 fully saturated rings. The number of likely N-dealkylation sites (N-methyl/N-ethyl adjacent to an activating group) is 1. The molecule has 0 amide bonds. The third kappa shape index (κ3) is 6.41. The highest BCUT2D eigenvalue weighted by Crippen LogP contribution is 2.42. The molecule has 0 unspecified atom stereocenters. The average molecular weight is 496 g/mol. The van der Waals surface area contributed by atoms with Crippen LogP contribution in [0, 0.1) is 0 Å². The Hall–Kier alpha value is 0.270. The summed E-state index contributed by atoms with van der Waals surface area (Å²) in [4.78, 5) is 12.2. The van der Waals surface area contributed by atoms with Crippen molar-refractivity contribution in [2.75, 3.05) is 72.2 Å². The van der Waals surface area contributed by atoms with Crippen LogP contribution in [0.4, 0.5) is 0 Å².